The predicted octanol–water partition coefficient (Wildman–Crippen LogP) is 2.65. The van der Waals surface area contributed by atoms with Gasteiger partial charge in [-0.25, -0.2) is 0 Å². The maximum absolute atomic E-state index is 11.8. The standard InChI is InChI=1S/C13H14N2O2S/c1-9-4-5-10(17-9)8-11-12(16)14-13(18-11)15-6-2-3-7-15/h4-5,8H,2-3,6-7H2,1H3. The molecule has 1 amide bonds. The number of amides is 1. The molecular weight excluding hydrogens is 248 g/mol. The summed E-state index contributed by atoms with van der Waals surface area (Å²) in [6.45, 7) is 3.90. The smallest absolute Gasteiger partial charge is 0.286 e. The monoisotopic (exact) mass is 262 g/mol. The third-order valence-corrected chi connectivity index (χ3v) is 4.06. The van der Waals surface area contributed by atoms with Crippen LogP contribution >= 0.6 is 11.8 Å². The molecule has 0 N–H and O–H groups in total. The Morgan fingerprint density at radius 2 is 2.17 bits per heavy atom. The van der Waals surface area contributed by atoms with E-state index in [-0.39, 0.29) is 5.91 Å². The lowest BCUT2D eigenvalue weighted by Crippen LogP contribution is -2.23. The number of hydrogen-bond acceptors (Lipinski definition) is 4. The van der Waals surface area contributed by atoms with Gasteiger partial charge in [0.1, 0.15) is 11.5 Å². The number of nitrogens with zero attached hydrogens (tertiary/aromatic N) is 2. The number of aliphatic imine (C=N–C) groups is 1. The summed E-state index contributed by atoms with van der Waals surface area (Å²) in [4.78, 5) is 18.7. The van der Waals surface area contributed by atoms with Crippen molar-refractivity contribution < 1.29 is 9.21 Å². The van der Waals surface area contributed by atoms with Crippen LogP contribution in [-0.2, 0) is 4.79 Å². The fourth-order valence-corrected chi connectivity index (χ4v) is 3.05. The van der Waals surface area contributed by atoms with Crippen molar-refractivity contribution in [3.8, 4) is 0 Å². The molecule has 1 saturated heterocycles. The first-order chi connectivity index (χ1) is 8.72. The predicted molar refractivity (Wildman–Crippen MR) is 72.3 cm³/mol. The molecule has 3 rings (SSSR count). The Hall–Kier alpha value is -1.49. The summed E-state index contributed by atoms with van der Waals surface area (Å²) in [5.41, 5.74) is 0. The highest BCUT2D eigenvalue weighted by Crippen LogP contribution is 2.31. The SMILES string of the molecule is Cc1ccc(C=C2SC(N3CCCC3)=NC2=O)o1. The van der Waals surface area contributed by atoms with Crippen LogP contribution in [-0.4, -0.2) is 29.1 Å². The summed E-state index contributed by atoms with van der Waals surface area (Å²) in [5, 5.41) is 0.840. The van der Waals surface area contributed by atoms with E-state index in [9.17, 15) is 4.79 Å². The van der Waals surface area contributed by atoms with E-state index in [0.29, 0.717) is 10.7 Å². The van der Waals surface area contributed by atoms with Gasteiger partial charge in [-0.05, 0) is 43.7 Å². The van der Waals surface area contributed by atoms with E-state index in [4.69, 9.17) is 4.42 Å². The van der Waals surface area contributed by atoms with Gasteiger partial charge >= 0.3 is 0 Å². The molecule has 0 saturated carbocycles. The molecule has 0 aliphatic carbocycles. The number of aryl methyl sites for hydroxylation is 1. The van der Waals surface area contributed by atoms with E-state index in [1.165, 1.54) is 24.6 Å². The molecule has 1 fully saturated rings. The molecule has 0 atom stereocenters. The Kier molecular flexibility index (Phi) is 2.99. The van der Waals surface area contributed by atoms with E-state index < -0.39 is 0 Å². The summed E-state index contributed by atoms with van der Waals surface area (Å²) < 4.78 is 5.45. The maximum Gasteiger partial charge on any atom is 0.286 e. The second-order valence-corrected chi connectivity index (χ2v) is 5.46. The van der Waals surface area contributed by atoms with Crippen LogP contribution < -0.4 is 0 Å². The van der Waals surface area contributed by atoms with Crippen LogP contribution in [0.25, 0.3) is 6.08 Å². The van der Waals surface area contributed by atoms with Gasteiger partial charge in [-0.3, -0.25) is 4.79 Å². The molecule has 0 radical (unpaired) electrons. The number of hydrogen-bond donors (Lipinski definition) is 0. The largest absolute Gasteiger partial charge is 0.462 e. The number of likely N-dealkylation sites (tertiary alicyclic amines) is 1. The highest BCUT2D eigenvalue weighted by Gasteiger charge is 2.27. The lowest BCUT2D eigenvalue weighted by atomic mass is 10.4. The first-order valence-electron chi connectivity index (χ1n) is 6.06. The molecule has 1 aromatic heterocycles. The lowest BCUT2D eigenvalue weighted by Gasteiger charge is -2.14. The molecule has 3 heterocycles. The Labute approximate surface area is 110 Å². The number of furan rings is 1. The lowest BCUT2D eigenvalue weighted by molar-refractivity contribution is -0.113. The molecule has 94 valence electrons. The summed E-state index contributed by atoms with van der Waals surface area (Å²) in [6, 6.07) is 3.75. The number of amidine groups is 1. The molecular formula is C13H14N2O2S. The highest BCUT2D eigenvalue weighted by atomic mass is 32.2. The Bertz CT molecular complexity index is 539. The second-order valence-electron chi connectivity index (χ2n) is 4.45. The van der Waals surface area contributed by atoms with Crippen molar-refractivity contribution in [2.24, 2.45) is 4.99 Å². The van der Waals surface area contributed by atoms with Crippen LogP contribution in [0, 0.1) is 6.92 Å². The highest BCUT2D eigenvalue weighted by molar-refractivity contribution is 8.18. The molecule has 0 unspecified atom stereocenters. The van der Waals surface area contributed by atoms with E-state index in [0.717, 1.165) is 24.0 Å². The molecule has 4 nitrogen and oxygen atoms in total. The van der Waals surface area contributed by atoms with Gasteiger partial charge in [0.2, 0.25) is 0 Å². The average molecular weight is 262 g/mol. The minimum absolute atomic E-state index is 0.157. The van der Waals surface area contributed by atoms with Crippen molar-refractivity contribution in [1.82, 2.24) is 4.90 Å². The summed E-state index contributed by atoms with van der Waals surface area (Å²) in [7, 11) is 0. The van der Waals surface area contributed by atoms with Crippen molar-refractivity contribution in [1.29, 1.82) is 0 Å². The van der Waals surface area contributed by atoms with Crippen LogP contribution in [0.15, 0.2) is 26.4 Å². The fraction of sp³-hybridized carbons (Fsp3) is 0.385. The molecule has 1 aromatic rings. The summed E-state index contributed by atoms with van der Waals surface area (Å²) in [6.07, 6.45) is 4.14. The number of rotatable bonds is 1. The maximum atomic E-state index is 11.8. The second kappa shape index (κ2) is 4.65. The van der Waals surface area contributed by atoms with Crippen LogP contribution in [0.1, 0.15) is 24.4 Å². The molecule has 5 heteroatoms. The first kappa shape index (κ1) is 11.6. The van der Waals surface area contributed by atoms with Crippen LogP contribution in [0.5, 0.6) is 0 Å². The van der Waals surface area contributed by atoms with Gasteiger partial charge in [0.05, 0.1) is 4.91 Å². The van der Waals surface area contributed by atoms with Gasteiger partial charge in [0.25, 0.3) is 5.91 Å². The quantitative estimate of drug-likeness (QED) is 0.730. The zero-order valence-electron chi connectivity index (χ0n) is 10.2. The zero-order valence-corrected chi connectivity index (χ0v) is 11.0. The molecule has 2 aliphatic heterocycles. The molecule has 0 spiro atoms. The summed E-state index contributed by atoms with van der Waals surface area (Å²) >= 11 is 1.45. The molecule has 2 aliphatic rings. The van der Waals surface area contributed by atoms with Crippen molar-refractivity contribution in [2.75, 3.05) is 13.1 Å². The van der Waals surface area contributed by atoms with E-state index in [1.807, 2.05) is 19.1 Å². The van der Waals surface area contributed by atoms with Gasteiger partial charge in [0, 0.05) is 19.2 Å². The molecule has 0 bridgehead atoms. The number of thioether (sulfide) groups is 1. The Balaban J connectivity index is 1.77. The fourth-order valence-electron chi connectivity index (χ4n) is 2.10. The van der Waals surface area contributed by atoms with Crippen molar-refractivity contribution in [3.63, 3.8) is 0 Å². The summed E-state index contributed by atoms with van der Waals surface area (Å²) in [5.74, 6) is 1.40. The van der Waals surface area contributed by atoms with Crippen molar-refractivity contribution in [3.05, 3.63) is 28.6 Å². The average Bonchev–Trinajstić information content (AvgIpc) is 3.02. The van der Waals surface area contributed by atoms with Crippen molar-refractivity contribution in [2.45, 2.75) is 19.8 Å². The van der Waals surface area contributed by atoms with E-state index in [2.05, 4.69) is 9.89 Å². The normalized spacial score (nSPS) is 22.1. The molecule has 0 aromatic carbocycles. The number of carbonyl (C=O) groups is 1. The third kappa shape index (κ3) is 2.22. The first-order valence-corrected chi connectivity index (χ1v) is 6.88. The van der Waals surface area contributed by atoms with Crippen molar-refractivity contribution >= 4 is 28.9 Å². The van der Waals surface area contributed by atoms with Gasteiger partial charge < -0.3 is 9.32 Å². The zero-order chi connectivity index (χ0) is 12.5. The van der Waals surface area contributed by atoms with E-state index >= 15 is 0 Å². The minimum atomic E-state index is -0.157. The Morgan fingerprint density at radius 3 is 2.83 bits per heavy atom. The van der Waals surface area contributed by atoms with Gasteiger partial charge in [-0.15, -0.1) is 0 Å². The molecule has 18 heavy (non-hydrogen) atoms. The minimum Gasteiger partial charge on any atom is -0.462 e. The van der Waals surface area contributed by atoms with Gasteiger partial charge in [0.15, 0.2) is 5.17 Å². The third-order valence-electron chi connectivity index (χ3n) is 3.02. The van der Waals surface area contributed by atoms with Crippen LogP contribution in [0.4, 0.5) is 0 Å². The van der Waals surface area contributed by atoms with Crippen LogP contribution in [0.3, 0.4) is 0 Å². The van der Waals surface area contributed by atoms with Gasteiger partial charge in [-0.2, -0.15) is 4.99 Å². The number of carbonyl (C=O) groups excluding carboxylic acids is 1. The van der Waals surface area contributed by atoms with E-state index in [1.54, 1.807) is 6.08 Å². The van der Waals surface area contributed by atoms with Crippen LogP contribution in [0.2, 0.25) is 0 Å². The van der Waals surface area contributed by atoms with Gasteiger partial charge in [-0.1, -0.05) is 0 Å². The topological polar surface area (TPSA) is 45.8 Å². The Morgan fingerprint density at radius 1 is 1.39 bits per heavy atom.